The van der Waals surface area contributed by atoms with E-state index in [2.05, 4.69) is 20.2 Å². The molecule has 0 spiro atoms. The van der Waals surface area contributed by atoms with Gasteiger partial charge < -0.3 is 30.0 Å². The van der Waals surface area contributed by atoms with E-state index >= 15 is 0 Å². The number of benzene rings is 2. The molecule has 4 N–H and O–H groups in total. The van der Waals surface area contributed by atoms with Gasteiger partial charge in [0, 0.05) is 63.8 Å². The molecule has 0 saturated carbocycles. The summed E-state index contributed by atoms with van der Waals surface area (Å²) in [6.07, 6.45) is 2.96. The van der Waals surface area contributed by atoms with E-state index in [0.29, 0.717) is 92.7 Å². The molecule has 6 rings (SSSR count). The largest absolute Gasteiger partial charge is 0.491 e. The van der Waals surface area contributed by atoms with Gasteiger partial charge in [-0.3, -0.25) is 29.7 Å². The van der Waals surface area contributed by atoms with E-state index in [1.165, 1.54) is 12.4 Å². The SMILES string of the molecule is COc1c(OCCN2CCN(C(=O)Oc3ccc(CC(=O)O)cc3)CC2)ccc2c1N=C(NC(=O)c1cnc(N)nc1)N1CCCN=C21. The molecule has 48 heavy (non-hydrogen) atoms. The second-order valence-electron chi connectivity index (χ2n) is 11.2. The molecule has 0 aliphatic carbocycles. The number of piperazine rings is 1. The van der Waals surface area contributed by atoms with Crippen LogP contribution >= 0.6 is 0 Å². The minimum atomic E-state index is -0.922. The zero-order chi connectivity index (χ0) is 33.6. The third kappa shape index (κ3) is 7.28. The number of carboxylic acids is 1. The number of amides is 2. The third-order valence-corrected chi connectivity index (χ3v) is 8.01. The number of aliphatic imine (C=N–C) groups is 2. The first kappa shape index (κ1) is 32.2. The number of hydrogen-bond donors (Lipinski definition) is 3. The average Bonchev–Trinajstić information content (AvgIpc) is 3.09. The van der Waals surface area contributed by atoms with Crippen LogP contribution in [0.3, 0.4) is 0 Å². The summed E-state index contributed by atoms with van der Waals surface area (Å²) >= 11 is 0. The quantitative estimate of drug-likeness (QED) is 0.302. The fraction of sp³-hybridized carbons (Fsp3) is 0.344. The van der Waals surface area contributed by atoms with Crippen LogP contribution in [-0.4, -0.2) is 119 Å². The average molecular weight is 658 g/mol. The number of carboxylic acid groups (broad SMARTS) is 1. The van der Waals surface area contributed by atoms with E-state index in [4.69, 9.17) is 35.0 Å². The number of guanidine groups is 1. The molecule has 1 fully saturated rings. The predicted octanol–water partition coefficient (Wildman–Crippen LogP) is 1.77. The van der Waals surface area contributed by atoms with E-state index in [9.17, 15) is 14.4 Å². The number of hydrogen-bond acceptors (Lipinski definition) is 13. The number of anilines is 1. The first-order valence-corrected chi connectivity index (χ1v) is 15.4. The van der Waals surface area contributed by atoms with Crippen molar-refractivity contribution in [1.82, 2.24) is 30.0 Å². The van der Waals surface area contributed by atoms with Crippen LogP contribution in [-0.2, 0) is 11.2 Å². The molecule has 3 aliphatic heterocycles. The van der Waals surface area contributed by atoms with Crippen LogP contribution < -0.4 is 25.3 Å². The highest BCUT2D eigenvalue weighted by Crippen LogP contribution is 2.43. The van der Waals surface area contributed by atoms with Crippen molar-refractivity contribution < 1.29 is 33.7 Å². The molecule has 16 nitrogen and oxygen atoms in total. The molecule has 250 valence electrons. The van der Waals surface area contributed by atoms with E-state index in [1.54, 1.807) is 36.3 Å². The Hall–Kier alpha value is -5.77. The Kier molecular flexibility index (Phi) is 9.61. The van der Waals surface area contributed by atoms with Gasteiger partial charge in [-0.15, -0.1) is 0 Å². The fourth-order valence-corrected chi connectivity index (χ4v) is 5.54. The molecule has 4 heterocycles. The summed E-state index contributed by atoms with van der Waals surface area (Å²) in [6, 6.07) is 10.2. The number of carbonyl (C=O) groups is 3. The van der Waals surface area contributed by atoms with Gasteiger partial charge in [-0.2, -0.15) is 0 Å². The Morgan fingerprint density at radius 1 is 1.00 bits per heavy atom. The molecule has 16 heteroatoms. The smallest absolute Gasteiger partial charge is 0.415 e. The van der Waals surface area contributed by atoms with E-state index in [1.807, 2.05) is 17.0 Å². The molecule has 0 unspecified atom stereocenters. The maximum atomic E-state index is 13.0. The standard InChI is InChI=1S/C32H35N9O7/c1-46-27-24(47-16-15-39-11-13-40(14-12-39)32(45)48-22-5-3-20(4-6-22)17-25(42)43)8-7-23-26(27)37-31(41-10-2-9-34-28(23)41)38-29(44)21-18-35-30(33)36-19-21/h3-8,18-19H,2,9-17H2,1H3,(H,42,43)(H2,33,35,36)(H,37,38,44). The summed E-state index contributed by atoms with van der Waals surface area (Å²) in [6.45, 7) is 4.50. The summed E-state index contributed by atoms with van der Waals surface area (Å²) in [5.41, 5.74) is 7.70. The van der Waals surface area contributed by atoms with Crippen molar-refractivity contribution in [3.8, 4) is 17.2 Å². The lowest BCUT2D eigenvalue weighted by atomic mass is 10.1. The molecule has 1 saturated heterocycles. The zero-order valence-corrected chi connectivity index (χ0v) is 26.3. The van der Waals surface area contributed by atoms with Crippen LogP contribution in [0.15, 0.2) is 58.8 Å². The minimum Gasteiger partial charge on any atom is -0.491 e. The monoisotopic (exact) mass is 657 g/mol. The highest BCUT2D eigenvalue weighted by molar-refractivity contribution is 6.19. The molecule has 0 bridgehead atoms. The maximum absolute atomic E-state index is 13.0. The van der Waals surface area contributed by atoms with Gasteiger partial charge in [-0.05, 0) is 36.2 Å². The third-order valence-electron chi connectivity index (χ3n) is 8.01. The fourth-order valence-electron chi connectivity index (χ4n) is 5.54. The lowest BCUT2D eigenvalue weighted by Gasteiger charge is -2.35. The lowest BCUT2D eigenvalue weighted by molar-refractivity contribution is -0.136. The number of methoxy groups -OCH3 is 1. The highest BCUT2D eigenvalue weighted by atomic mass is 16.6. The van der Waals surface area contributed by atoms with Gasteiger partial charge in [0.1, 0.15) is 23.9 Å². The molecule has 1 aromatic heterocycles. The van der Waals surface area contributed by atoms with Crippen LogP contribution in [0.25, 0.3) is 0 Å². The van der Waals surface area contributed by atoms with Gasteiger partial charge in [0.2, 0.25) is 11.9 Å². The van der Waals surface area contributed by atoms with Crippen molar-refractivity contribution in [2.24, 2.45) is 9.98 Å². The topological polar surface area (TPSA) is 197 Å². The van der Waals surface area contributed by atoms with Gasteiger partial charge in [0.25, 0.3) is 5.91 Å². The molecule has 2 aromatic carbocycles. The van der Waals surface area contributed by atoms with Gasteiger partial charge in [-0.25, -0.2) is 19.8 Å². The van der Waals surface area contributed by atoms with Gasteiger partial charge in [0.05, 0.1) is 19.1 Å². The Balaban J connectivity index is 1.06. The van der Waals surface area contributed by atoms with Crippen molar-refractivity contribution in [3.05, 3.63) is 65.5 Å². The minimum absolute atomic E-state index is 0.0700. The summed E-state index contributed by atoms with van der Waals surface area (Å²) in [5.74, 6) is 0.993. The Bertz CT molecular complexity index is 1740. The first-order valence-electron chi connectivity index (χ1n) is 15.4. The molecule has 3 aliphatic rings. The van der Waals surface area contributed by atoms with Crippen LogP contribution in [0.4, 0.5) is 16.4 Å². The number of rotatable bonds is 9. The number of aliphatic carboxylic acids is 1. The van der Waals surface area contributed by atoms with Gasteiger partial charge >= 0.3 is 12.1 Å². The first-order chi connectivity index (χ1) is 23.3. The van der Waals surface area contributed by atoms with Crippen LogP contribution in [0.1, 0.15) is 27.9 Å². The number of amidine groups is 1. The summed E-state index contributed by atoms with van der Waals surface area (Å²) in [7, 11) is 1.54. The van der Waals surface area contributed by atoms with Crippen molar-refractivity contribution >= 4 is 41.4 Å². The Labute approximate surface area is 275 Å². The van der Waals surface area contributed by atoms with Crippen molar-refractivity contribution in [2.75, 3.05) is 65.3 Å². The second kappa shape index (κ2) is 14.3. The van der Waals surface area contributed by atoms with Crippen LogP contribution in [0.5, 0.6) is 17.2 Å². The number of carbonyl (C=O) groups excluding carboxylic acids is 2. The molecule has 0 radical (unpaired) electrons. The number of nitrogens with zero attached hydrogens (tertiary/aromatic N) is 7. The molecule has 0 atom stereocenters. The number of ether oxygens (including phenoxy) is 3. The number of aromatic nitrogens is 2. The summed E-state index contributed by atoms with van der Waals surface area (Å²) < 4.78 is 17.4. The normalized spacial score (nSPS) is 15.8. The van der Waals surface area contributed by atoms with Crippen molar-refractivity contribution in [3.63, 3.8) is 0 Å². The predicted molar refractivity (Wildman–Crippen MR) is 174 cm³/mol. The molecular formula is C32H35N9O7. The van der Waals surface area contributed by atoms with Gasteiger partial charge in [-0.1, -0.05) is 12.1 Å². The van der Waals surface area contributed by atoms with E-state index < -0.39 is 18.0 Å². The zero-order valence-electron chi connectivity index (χ0n) is 26.3. The highest BCUT2D eigenvalue weighted by Gasteiger charge is 2.32. The summed E-state index contributed by atoms with van der Waals surface area (Å²) in [5, 5.41) is 11.8. The van der Waals surface area contributed by atoms with Gasteiger partial charge in [0.15, 0.2) is 11.5 Å². The Morgan fingerprint density at radius 2 is 1.75 bits per heavy atom. The molecular weight excluding hydrogens is 622 g/mol. The molecule has 2 amide bonds. The second-order valence-corrected chi connectivity index (χ2v) is 11.2. The maximum Gasteiger partial charge on any atom is 0.415 e. The number of fused-ring (bicyclic) bond motifs is 3. The molecule has 3 aromatic rings. The van der Waals surface area contributed by atoms with Crippen molar-refractivity contribution in [1.29, 1.82) is 0 Å². The van der Waals surface area contributed by atoms with Crippen LogP contribution in [0.2, 0.25) is 0 Å². The van der Waals surface area contributed by atoms with Crippen LogP contribution in [0, 0.1) is 0 Å². The number of nitrogen functional groups attached to an aromatic ring is 1. The lowest BCUT2D eigenvalue weighted by Crippen LogP contribution is -2.51. The number of nitrogens with two attached hydrogens (primary N) is 1. The van der Waals surface area contributed by atoms with E-state index in [0.717, 1.165) is 12.0 Å². The van der Waals surface area contributed by atoms with E-state index in [-0.39, 0.29) is 17.9 Å². The number of nitrogens with one attached hydrogen (secondary N) is 1. The summed E-state index contributed by atoms with van der Waals surface area (Å²) in [4.78, 5) is 59.6. The Morgan fingerprint density at radius 3 is 2.46 bits per heavy atom. The van der Waals surface area contributed by atoms with Crippen molar-refractivity contribution in [2.45, 2.75) is 12.8 Å².